The molecule has 1 atom stereocenters. The molecule has 4 nitrogen and oxygen atoms in total. The summed E-state index contributed by atoms with van der Waals surface area (Å²) in [5, 5.41) is 5.45. The van der Waals surface area contributed by atoms with Crippen LogP contribution in [-0.2, 0) is 6.42 Å². The van der Waals surface area contributed by atoms with E-state index in [1.54, 1.807) is 6.20 Å². The van der Waals surface area contributed by atoms with Crippen LogP contribution in [0.5, 0.6) is 0 Å². The molecular weight excluding hydrogens is 370 g/mol. The molecule has 0 radical (unpaired) electrons. The molecule has 0 N–H and O–H groups in total. The van der Waals surface area contributed by atoms with Crippen LogP contribution in [0, 0.1) is 6.92 Å². The largest absolute Gasteiger partial charge is 0.294 e. The number of rotatable bonds is 2. The fourth-order valence-electron chi connectivity index (χ4n) is 4.12. The maximum atomic E-state index is 12.8. The van der Waals surface area contributed by atoms with Crippen molar-refractivity contribution in [1.29, 1.82) is 0 Å². The Kier molecular flexibility index (Phi) is 4.02. The molecule has 0 bridgehead atoms. The Hall–Kier alpha value is -2.98. The molecule has 0 amide bonds. The lowest BCUT2D eigenvalue weighted by Crippen LogP contribution is -2.22. The van der Waals surface area contributed by atoms with Crippen molar-refractivity contribution in [2.45, 2.75) is 25.7 Å². The van der Waals surface area contributed by atoms with Gasteiger partial charge < -0.3 is 0 Å². The molecule has 0 saturated heterocycles. The van der Waals surface area contributed by atoms with Crippen molar-refractivity contribution in [2.24, 2.45) is 0 Å². The zero-order chi connectivity index (χ0) is 19.3. The average molecular weight is 388 g/mol. The second kappa shape index (κ2) is 6.57. The zero-order valence-corrected chi connectivity index (χ0v) is 16.1. The van der Waals surface area contributed by atoms with Gasteiger partial charge in [-0.25, -0.2) is 9.50 Å². The van der Waals surface area contributed by atoms with E-state index in [1.165, 1.54) is 5.56 Å². The standard InChI is InChI=1S/C23H18ClN3O/c1-14-22(16-7-9-18(24)10-8-16)23-25-13-19-20(27(23)26-14)11-17(12-21(19)28)15-5-3-2-4-6-15/h2-10,13,17H,11-12H2,1H3. The van der Waals surface area contributed by atoms with Gasteiger partial charge in [-0.2, -0.15) is 5.10 Å². The summed E-state index contributed by atoms with van der Waals surface area (Å²) >= 11 is 6.04. The van der Waals surface area contributed by atoms with Crippen LogP contribution in [0.1, 0.15) is 39.6 Å². The van der Waals surface area contributed by atoms with Crippen LogP contribution >= 0.6 is 11.6 Å². The summed E-state index contributed by atoms with van der Waals surface area (Å²) in [4.78, 5) is 17.4. The normalized spacial score (nSPS) is 16.4. The fourth-order valence-corrected chi connectivity index (χ4v) is 4.25. The molecule has 5 heteroatoms. The third-order valence-corrected chi connectivity index (χ3v) is 5.75. The quantitative estimate of drug-likeness (QED) is 0.470. The van der Waals surface area contributed by atoms with E-state index in [4.69, 9.17) is 16.7 Å². The number of Topliss-reactive ketones (excluding diaryl/α,β-unsaturated/α-hetero) is 1. The maximum Gasteiger partial charge on any atom is 0.166 e. The minimum Gasteiger partial charge on any atom is -0.294 e. The molecule has 2 heterocycles. The molecule has 0 fully saturated rings. The Morgan fingerprint density at radius 2 is 1.79 bits per heavy atom. The number of benzene rings is 2. The predicted molar refractivity (Wildman–Crippen MR) is 110 cm³/mol. The number of halogens is 1. The molecule has 0 saturated carbocycles. The third kappa shape index (κ3) is 2.72. The minimum absolute atomic E-state index is 0.130. The summed E-state index contributed by atoms with van der Waals surface area (Å²) in [6.07, 6.45) is 2.99. The summed E-state index contributed by atoms with van der Waals surface area (Å²) in [5.74, 6) is 0.293. The molecule has 2 aromatic carbocycles. The summed E-state index contributed by atoms with van der Waals surface area (Å²) in [6, 6.07) is 17.9. The second-order valence-corrected chi connectivity index (χ2v) is 7.70. The average Bonchev–Trinajstić information content (AvgIpc) is 3.05. The number of nitrogens with zero attached hydrogens (tertiary/aromatic N) is 3. The molecule has 5 rings (SSSR count). The smallest absolute Gasteiger partial charge is 0.166 e. The third-order valence-electron chi connectivity index (χ3n) is 5.49. The Balaban J connectivity index is 1.67. The van der Waals surface area contributed by atoms with Crippen LogP contribution < -0.4 is 0 Å². The van der Waals surface area contributed by atoms with E-state index in [0.29, 0.717) is 17.0 Å². The van der Waals surface area contributed by atoms with Gasteiger partial charge in [0.2, 0.25) is 0 Å². The predicted octanol–water partition coefficient (Wildman–Crippen LogP) is 5.27. The van der Waals surface area contributed by atoms with E-state index in [1.807, 2.05) is 53.9 Å². The highest BCUT2D eigenvalue weighted by Crippen LogP contribution is 2.35. The number of carbonyl (C=O) groups is 1. The minimum atomic E-state index is 0.130. The maximum absolute atomic E-state index is 12.8. The second-order valence-electron chi connectivity index (χ2n) is 7.26. The summed E-state index contributed by atoms with van der Waals surface area (Å²) in [7, 11) is 0. The number of carbonyl (C=O) groups excluding carboxylic acids is 1. The van der Waals surface area contributed by atoms with Crippen molar-refractivity contribution < 1.29 is 4.79 Å². The van der Waals surface area contributed by atoms with E-state index >= 15 is 0 Å². The number of fused-ring (bicyclic) bond motifs is 3. The molecule has 0 aliphatic heterocycles. The highest BCUT2D eigenvalue weighted by molar-refractivity contribution is 6.30. The SMILES string of the molecule is Cc1nn2c3c(cnc2c1-c1ccc(Cl)cc1)C(=O)CC(c1ccccc1)C3. The number of ketones is 1. The van der Waals surface area contributed by atoms with E-state index in [-0.39, 0.29) is 11.7 Å². The van der Waals surface area contributed by atoms with Crippen LogP contribution in [0.2, 0.25) is 5.02 Å². The van der Waals surface area contributed by atoms with Gasteiger partial charge in [-0.3, -0.25) is 4.79 Å². The van der Waals surface area contributed by atoms with Crippen molar-refractivity contribution in [3.05, 3.63) is 88.3 Å². The lowest BCUT2D eigenvalue weighted by Gasteiger charge is -2.24. The number of hydrogen-bond donors (Lipinski definition) is 0. The molecule has 1 aliphatic carbocycles. The lowest BCUT2D eigenvalue weighted by molar-refractivity contribution is 0.0962. The fraction of sp³-hybridized carbons (Fsp3) is 0.174. The van der Waals surface area contributed by atoms with E-state index in [2.05, 4.69) is 17.1 Å². The van der Waals surface area contributed by atoms with Crippen molar-refractivity contribution in [1.82, 2.24) is 14.6 Å². The van der Waals surface area contributed by atoms with E-state index < -0.39 is 0 Å². The molecule has 1 aliphatic rings. The first-order valence-corrected chi connectivity index (χ1v) is 9.71. The molecule has 28 heavy (non-hydrogen) atoms. The molecule has 4 aromatic rings. The van der Waals surface area contributed by atoms with Gasteiger partial charge in [-0.15, -0.1) is 0 Å². The van der Waals surface area contributed by atoms with Gasteiger partial charge in [0.1, 0.15) is 0 Å². The Labute approximate surface area is 167 Å². The van der Waals surface area contributed by atoms with Crippen molar-refractivity contribution in [2.75, 3.05) is 0 Å². The van der Waals surface area contributed by atoms with Crippen LogP contribution in [0.25, 0.3) is 16.8 Å². The topological polar surface area (TPSA) is 47.3 Å². The van der Waals surface area contributed by atoms with Gasteiger partial charge in [0, 0.05) is 23.2 Å². The zero-order valence-electron chi connectivity index (χ0n) is 15.4. The Morgan fingerprint density at radius 3 is 2.54 bits per heavy atom. The van der Waals surface area contributed by atoms with Gasteiger partial charge in [-0.1, -0.05) is 54.1 Å². The molecule has 138 valence electrons. The molecule has 2 aromatic heterocycles. The Bertz CT molecular complexity index is 1200. The summed E-state index contributed by atoms with van der Waals surface area (Å²) in [5.41, 5.74) is 6.48. The van der Waals surface area contributed by atoms with Gasteiger partial charge in [0.05, 0.1) is 17.0 Å². The first-order valence-electron chi connectivity index (χ1n) is 9.33. The lowest BCUT2D eigenvalue weighted by atomic mass is 9.82. The van der Waals surface area contributed by atoms with Crippen LogP contribution in [0.4, 0.5) is 0 Å². The molecule has 0 spiro atoms. The highest BCUT2D eigenvalue weighted by atomic mass is 35.5. The monoisotopic (exact) mass is 387 g/mol. The molecule has 1 unspecified atom stereocenters. The van der Waals surface area contributed by atoms with Gasteiger partial charge in [0.15, 0.2) is 11.4 Å². The van der Waals surface area contributed by atoms with Crippen LogP contribution in [-0.4, -0.2) is 20.4 Å². The van der Waals surface area contributed by atoms with Crippen LogP contribution in [0.3, 0.4) is 0 Å². The van der Waals surface area contributed by atoms with Crippen molar-refractivity contribution in [3.63, 3.8) is 0 Å². The Morgan fingerprint density at radius 1 is 1.04 bits per heavy atom. The van der Waals surface area contributed by atoms with Crippen molar-refractivity contribution in [3.8, 4) is 11.1 Å². The summed E-state index contributed by atoms with van der Waals surface area (Å²) < 4.78 is 1.86. The van der Waals surface area contributed by atoms with Crippen molar-refractivity contribution >= 4 is 23.0 Å². The first kappa shape index (κ1) is 17.1. The van der Waals surface area contributed by atoms with Crippen LogP contribution in [0.15, 0.2) is 60.8 Å². The van der Waals surface area contributed by atoms with Gasteiger partial charge >= 0.3 is 0 Å². The number of aromatic nitrogens is 3. The summed E-state index contributed by atoms with van der Waals surface area (Å²) in [6.45, 7) is 1.98. The van der Waals surface area contributed by atoms with Gasteiger partial charge in [0.25, 0.3) is 0 Å². The molecular formula is C23H18ClN3O. The number of hydrogen-bond acceptors (Lipinski definition) is 3. The van der Waals surface area contributed by atoms with Gasteiger partial charge in [-0.05, 0) is 42.5 Å². The first-order chi connectivity index (χ1) is 13.6. The van der Waals surface area contributed by atoms with E-state index in [9.17, 15) is 4.79 Å². The van der Waals surface area contributed by atoms with E-state index in [0.717, 1.165) is 34.6 Å². The number of aryl methyl sites for hydroxylation is 1. The highest BCUT2D eigenvalue weighted by Gasteiger charge is 2.30.